The van der Waals surface area contributed by atoms with Crippen LogP contribution in [-0.2, 0) is 23.9 Å². The van der Waals surface area contributed by atoms with Crippen molar-refractivity contribution in [2.24, 2.45) is 0 Å². The average molecular weight is 463 g/mol. The number of nitrogens with zero attached hydrogens (tertiary/aromatic N) is 5. The Bertz CT molecular complexity index is 1200. The van der Waals surface area contributed by atoms with E-state index in [1.807, 2.05) is 7.05 Å². The molecule has 11 heteroatoms. The van der Waals surface area contributed by atoms with Gasteiger partial charge in [-0.25, -0.2) is 9.37 Å². The SMILES string of the molecule is CN1CCN(C(=O)Cn2cc3cc(CC(=O)c4cccc(C(F)(F)F)n4)c(F)cc3n2)CC1. The maximum absolute atomic E-state index is 14.6. The minimum atomic E-state index is -4.68. The molecule has 0 atom stereocenters. The van der Waals surface area contributed by atoms with E-state index in [-0.39, 0.29) is 18.0 Å². The molecule has 33 heavy (non-hydrogen) atoms. The van der Waals surface area contributed by atoms with Crippen LogP contribution in [0.4, 0.5) is 17.6 Å². The molecule has 0 spiro atoms. The lowest BCUT2D eigenvalue weighted by atomic mass is 10.0. The summed E-state index contributed by atoms with van der Waals surface area (Å²) in [5.74, 6) is -1.54. The van der Waals surface area contributed by atoms with E-state index in [4.69, 9.17) is 0 Å². The second kappa shape index (κ2) is 8.89. The van der Waals surface area contributed by atoms with Crippen LogP contribution in [0.3, 0.4) is 0 Å². The molecule has 0 unspecified atom stereocenters. The van der Waals surface area contributed by atoms with Gasteiger partial charge in [-0.05, 0) is 30.8 Å². The maximum atomic E-state index is 14.6. The second-order valence-electron chi connectivity index (χ2n) is 8.02. The first kappa shape index (κ1) is 22.8. The first-order chi connectivity index (χ1) is 15.6. The molecule has 1 aromatic carbocycles. The number of likely N-dealkylation sites (N-methyl/N-ethyl adjacent to an activating group) is 1. The summed E-state index contributed by atoms with van der Waals surface area (Å²) in [6.07, 6.45) is -3.56. The highest BCUT2D eigenvalue weighted by Gasteiger charge is 2.33. The molecule has 3 heterocycles. The van der Waals surface area contributed by atoms with Crippen LogP contribution in [0.2, 0.25) is 0 Å². The molecule has 0 saturated carbocycles. The van der Waals surface area contributed by atoms with Crippen molar-refractivity contribution in [2.45, 2.75) is 19.1 Å². The van der Waals surface area contributed by atoms with E-state index in [9.17, 15) is 27.2 Å². The van der Waals surface area contributed by atoms with E-state index < -0.39 is 35.6 Å². The van der Waals surface area contributed by atoms with Crippen molar-refractivity contribution >= 4 is 22.6 Å². The summed E-state index contributed by atoms with van der Waals surface area (Å²) in [7, 11) is 1.99. The number of hydrogen-bond donors (Lipinski definition) is 0. The molecular weight excluding hydrogens is 442 g/mol. The molecule has 4 rings (SSSR count). The summed E-state index contributed by atoms with van der Waals surface area (Å²) in [6, 6.07) is 5.58. The van der Waals surface area contributed by atoms with E-state index in [1.165, 1.54) is 10.7 Å². The molecule has 0 aliphatic carbocycles. The smallest absolute Gasteiger partial charge is 0.339 e. The minimum absolute atomic E-state index is 0.00241. The zero-order chi connectivity index (χ0) is 23.8. The monoisotopic (exact) mass is 463 g/mol. The molecule has 1 fully saturated rings. The molecule has 3 aromatic rings. The van der Waals surface area contributed by atoms with Gasteiger partial charge in [0.2, 0.25) is 5.91 Å². The van der Waals surface area contributed by atoms with Crippen molar-refractivity contribution in [3.63, 3.8) is 0 Å². The molecule has 1 aliphatic rings. The van der Waals surface area contributed by atoms with E-state index in [0.29, 0.717) is 24.0 Å². The highest BCUT2D eigenvalue weighted by molar-refractivity contribution is 5.96. The number of carbonyl (C=O) groups excluding carboxylic acids is 2. The molecule has 1 saturated heterocycles. The summed E-state index contributed by atoms with van der Waals surface area (Å²) >= 11 is 0. The van der Waals surface area contributed by atoms with Crippen LogP contribution in [-0.4, -0.2) is 69.5 Å². The van der Waals surface area contributed by atoms with Gasteiger partial charge in [-0.1, -0.05) is 6.07 Å². The zero-order valence-corrected chi connectivity index (χ0v) is 17.8. The first-order valence-corrected chi connectivity index (χ1v) is 10.3. The van der Waals surface area contributed by atoms with Gasteiger partial charge in [-0.3, -0.25) is 14.3 Å². The second-order valence-corrected chi connectivity index (χ2v) is 8.02. The van der Waals surface area contributed by atoms with Crippen molar-refractivity contribution in [3.8, 4) is 0 Å². The number of fused-ring (bicyclic) bond motifs is 1. The fraction of sp³-hybridized carbons (Fsp3) is 0.364. The third-order valence-electron chi connectivity index (χ3n) is 5.55. The highest BCUT2D eigenvalue weighted by Crippen LogP contribution is 2.27. The van der Waals surface area contributed by atoms with Crippen LogP contribution in [0.1, 0.15) is 21.7 Å². The zero-order valence-electron chi connectivity index (χ0n) is 17.8. The molecule has 1 amide bonds. The summed E-state index contributed by atoms with van der Waals surface area (Å²) in [4.78, 5) is 32.2. The summed E-state index contributed by atoms with van der Waals surface area (Å²) in [5, 5.41) is 4.75. The lowest BCUT2D eigenvalue weighted by Gasteiger charge is -2.32. The van der Waals surface area contributed by atoms with Crippen LogP contribution < -0.4 is 0 Å². The van der Waals surface area contributed by atoms with Crippen molar-refractivity contribution in [1.82, 2.24) is 24.6 Å². The van der Waals surface area contributed by atoms with E-state index >= 15 is 0 Å². The number of pyridine rings is 1. The predicted octanol–water partition coefficient (Wildman–Crippen LogP) is 2.79. The number of rotatable bonds is 5. The number of alkyl halides is 3. The number of piperazine rings is 1. The van der Waals surface area contributed by atoms with Gasteiger partial charge in [0.1, 0.15) is 23.7 Å². The quantitative estimate of drug-likeness (QED) is 0.430. The van der Waals surface area contributed by atoms with Gasteiger partial charge in [0.25, 0.3) is 0 Å². The number of aromatic nitrogens is 3. The molecular formula is C22H21F4N5O2. The Morgan fingerprint density at radius 2 is 1.82 bits per heavy atom. The van der Waals surface area contributed by atoms with Crippen LogP contribution in [0.15, 0.2) is 36.5 Å². The lowest BCUT2D eigenvalue weighted by molar-refractivity contribution is -0.141. The number of Topliss-reactive ketones (excluding diaryl/α,β-unsaturated/α-hetero) is 1. The van der Waals surface area contributed by atoms with Gasteiger partial charge in [-0.2, -0.15) is 18.3 Å². The summed E-state index contributed by atoms with van der Waals surface area (Å²) in [6.45, 7) is 2.83. The predicted molar refractivity (Wildman–Crippen MR) is 111 cm³/mol. The number of benzene rings is 1. The maximum Gasteiger partial charge on any atom is 0.433 e. The third kappa shape index (κ3) is 5.19. The Kier molecular flexibility index (Phi) is 6.15. The number of hydrogen-bond acceptors (Lipinski definition) is 5. The molecule has 0 bridgehead atoms. The van der Waals surface area contributed by atoms with Crippen LogP contribution >= 0.6 is 0 Å². The molecule has 7 nitrogen and oxygen atoms in total. The normalized spacial score (nSPS) is 15.2. The molecule has 1 aliphatic heterocycles. The number of carbonyl (C=O) groups is 2. The Balaban J connectivity index is 1.50. The van der Waals surface area contributed by atoms with Gasteiger partial charge in [0, 0.05) is 50.2 Å². The van der Waals surface area contributed by atoms with Gasteiger partial charge in [-0.15, -0.1) is 0 Å². The summed E-state index contributed by atoms with van der Waals surface area (Å²) in [5.41, 5.74) is -1.25. The Morgan fingerprint density at radius 1 is 1.09 bits per heavy atom. The van der Waals surface area contributed by atoms with Gasteiger partial charge < -0.3 is 9.80 Å². The first-order valence-electron chi connectivity index (χ1n) is 10.3. The molecule has 0 N–H and O–H groups in total. The van der Waals surface area contributed by atoms with Gasteiger partial charge >= 0.3 is 6.18 Å². The Morgan fingerprint density at radius 3 is 2.52 bits per heavy atom. The van der Waals surface area contributed by atoms with Gasteiger partial charge in [0.15, 0.2) is 5.78 Å². The summed E-state index contributed by atoms with van der Waals surface area (Å²) < 4.78 is 54.6. The van der Waals surface area contributed by atoms with Crippen molar-refractivity contribution in [2.75, 3.05) is 33.2 Å². The molecule has 2 aromatic heterocycles. The third-order valence-corrected chi connectivity index (χ3v) is 5.55. The largest absolute Gasteiger partial charge is 0.433 e. The average Bonchev–Trinajstić information content (AvgIpc) is 3.14. The fourth-order valence-corrected chi connectivity index (χ4v) is 3.67. The topological polar surface area (TPSA) is 71.3 Å². The Hall–Kier alpha value is -3.34. The van der Waals surface area contributed by atoms with Crippen LogP contribution in [0.5, 0.6) is 0 Å². The number of amides is 1. The van der Waals surface area contributed by atoms with E-state index in [1.54, 1.807) is 11.1 Å². The Labute approximate surface area is 186 Å². The van der Waals surface area contributed by atoms with Crippen LogP contribution in [0.25, 0.3) is 10.9 Å². The highest BCUT2D eigenvalue weighted by atomic mass is 19.4. The fourth-order valence-electron chi connectivity index (χ4n) is 3.67. The lowest BCUT2D eigenvalue weighted by Crippen LogP contribution is -2.48. The minimum Gasteiger partial charge on any atom is -0.339 e. The number of halogens is 4. The van der Waals surface area contributed by atoms with Crippen molar-refractivity contribution in [3.05, 3.63) is 59.3 Å². The van der Waals surface area contributed by atoms with E-state index in [2.05, 4.69) is 15.0 Å². The molecule has 0 radical (unpaired) electrons. The van der Waals surface area contributed by atoms with Crippen molar-refractivity contribution in [1.29, 1.82) is 0 Å². The standard InChI is InChI=1S/C22H21F4N5O2/c1-29-5-7-30(8-6-29)21(33)13-31-12-15-9-14(16(23)11-18(15)28-31)10-19(32)17-3-2-4-20(27-17)22(24,25)26/h2-4,9,11-12H,5-8,10,13H2,1H3. The molecule has 174 valence electrons. The van der Waals surface area contributed by atoms with Gasteiger partial charge in [0.05, 0.1) is 5.52 Å². The van der Waals surface area contributed by atoms with Crippen molar-refractivity contribution < 1.29 is 27.2 Å². The van der Waals surface area contributed by atoms with E-state index in [0.717, 1.165) is 37.4 Å². The van der Waals surface area contributed by atoms with Crippen LogP contribution in [0, 0.1) is 5.82 Å². The number of ketones is 1.